The number of nitrogens with one attached hydrogen (secondary N) is 2. The van der Waals surface area contributed by atoms with E-state index in [-0.39, 0.29) is 12.5 Å². The molecule has 3 rings (SSSR count). The van der Waals surface area contributed by atoms with Crippen molar-refractivity contribution in [1.29, 1.82) is 0 Å². The Bertz CT molecular complexity index is 962. The van der Waals surface area contributed by atoms with E-state index in [0.29, 0.717) is 10.4 Å². The minimum Gasteiger partial charge on any atom is -0.350 e. The van der Waals surface area contributed by atoms with Crippen molar-refractivity contribution >= 4 is 40.0 Å². The molecule has 0 unspecified atom stereocenters. The largest absolute Gasteiger partial charge is 0.350 e. The molecule has 3 aromatic rings. The van der Waals surface area contributed by atoms with Crippen molar-refractivity contribution in [3.63, 3.8) is 0 Å². The number of hydrogen-bond donors (Lipinski definition) is 2. The molecule has 134 valence electrons. The lowest BCUT2D eigenvalue weighted by atomic mass is 10.2. The van der Waals surface area contributed by atoms with Gasteiger partial charge in [0.25, 0.3) is 17.7 Å². The number of benzene rings is 1. The molecule has 0 atom stereocenters. The molecule has 1 aromatic carbocycles. The van der Waals surface area contributed by atoms with Crippen molar-refractivity contribution < 1.29 is 14.4 Å². The Morgan fingerprint density at radius 3 is 2.62 bits per heavy atom. The van der Waals surface area contributed by atoms with Gasteiger partial charge in [0.1, 0.15) is 6.54 Å². The van der Waals surface area contributed by atoms with Crippen LogP contribution in [-0.2, 0) is 11.8 Å². The van der Waals surface area contributed by atoms with Gasteiger partial charge < -0.3 is 9.47 Å². The van der Waals surface area contributed by atoms with Crippen molar-refractivity contribution in [2.45, 2.75) is 0 Å². The van der Waals surface area contributed by atoms with E-state index in [1.807, 2.05) is 35.9 Å². The molecule has 0 aliphatic rings. The molecule has 2 aromatic heterocycles. The zero-order valence-corrected chi connectivity index (χ0v) is 15.2. The molecular weight excluding hydrogens is 352 g/mol. The Balaban J connectivity index is 1.59. The van der Waals surface area contributed by atoms with Gasteiger partial charge in [0, 0.05) is 31.2 Å². The molecule has 0 bridgehead atoms. The number of likely N-dealkylation sites (N-methyl/N-ethyl adjacent to an activating group) is 1. The molecule has 0 radical (unpaired) electrons. The van der Waals surface area contributed by atoms with Gasteiger partial charge in [-0.15, -0.1) is 11.3 Å². The monoisotopic (exact) mass is 370 g/mol. The normalized spacial score (nSPS) is 10.5. The Kier molecular flexibility index (Phi) is 5.04. The molecule has 2 heterocycles. The van der Waals surface area contributed by atoms with Crippen LogP contribution < -0.4 is 10.9 Å². The highest BCUT2D eigenvalue weighted by molar-refractivity contribution is 7.12. The number of fused-ring (bicyclic) bond motifs is 1. The third-order valence-electron chi connectivity index (χ3n) is 3.92. The molecule has 0 saturated carbocycles. The maximum Gasteiger partial charge on any atom is 0.271 e. The van der Waals surface area contributed by atoms with Crippen LogP contribution >= 0.6 is 11.3 Å². The number of carbonyl (C=O) groups is 3. The number of rotatable bonds is 4. The summed E-state index contributed by atoms with van der Waals surface area (Å²) >= 11 is 1.31. The standard InChI is InChI=1S/C18H18N4O3S/c1-21-10-13(12-6-3-4-7-14(12)21)17(24)20-19-16(23)11-22(2)18(25)15-8-5-9-26-15/h3-10H,11H2,1-2H3,(H,19,23)(H,20,24). The highest BCUT2D eigenvalue weighted by atomic mass is 32.1. The van der Waals surface area contributed by atoms with Crippen molar-refractivity contribution in [3.05, 3.63) is 58.4 Å². The molecule has 8 heteroatoms. The zero-order valence-electron chi connectivity index (χ0n) is 14.4. The first kappa shape index (κ1) is 17.7. The van der Waals surface area contributed by atoms with Crippen LogP contribution in [0.1, 0.15) is 20.0 Å². The molecule has 7 nitrogen and oxygen atoms in total. The summed E-state index contributed by atoms with van der Waals surface area (Å²) in [6.45, 7) is -0.160. The second kappa shape index (κ2) is 7.40. The van der Waals surface area contributed by atoms with Crippen LogP contribution in [0, 0.1) is 0 Å². The van der Waals surface area contributed by atoms with Gasteiger partial charge in [0.05, 0.1) is 10.4 Å². The number of thiophene rings is 1. The summed E-state index contributed by atoms with van der Waals surface area (Å²) in [5, 5.41) is 2.60. The highest BCUT2D eigenvalue weighted by Crippen LogP contribution is 2.19. The van der Waals surface area contributed by atoms with E-state index in [4.69, 9.17) is 0 Å². The first-order chi connectivity index (χ1) is 12.5. The van der Waals surface area contributed by atoms with Crippen LogP contribution in [0.2, 0.25) is 0 Å². The third kappa shape index (κ3) is 3.60. The van der Waals surface area contributed by atoms with Gasteiger partial charge >= 0.3 is 0 Å². The van der Waals surface area contributed by atoms with E-state index in [0.717, 1.165) is 10.9 Å². The smallest absolute Gasteiger partial charge is 0.271 e. The lowest BCUT2D eigenvalue weighted by molar-refractivity contribution is -0.122. The lowest BCUT2D eigenvalue weighted by Crippen LogP contribution is -2.46. The van der Waals surface area contributed by atoms with Crippen LogP contribution in [-0.4, -0.2) is 40.8 Å². The maximum absolute atomic E-state index is 12.4. The van der Waals surface area contributed by atoms with E-state index in [1.165, 1.54) is 23.3 Å². The topological polar surface area (TPSA) is 83.4 Å². The minimum atomic E-state index is -0.481. The summed E-state index contributed by atoms with van der Waals surface area (Å²) in [4.78, 5) is 38.3. The van der Waals surface area contributed by atoms with E-state index < -0.39 is 11.8 Å². The molecule has 0 spiro atoms. The van der Waals surface area contributed by atoms with Crippen molar-refractivity contribution in [3.8, 4) is 0 Å². The summed E-state index contributed by atoms with van der Waals surface area (Å²) in [6, 6.07) is 11.0. The number of amides is 3. The quantitative estimate of drug-likeness (QED) is 0.687. The van der Waals surface area contributed by atoms with E-state index >= 15 is 0 Å². The Morgan fingerprint density at radius 1 is 1.12 bits per heavy atom. The van der Waals surface area contributed by atoms with Crippen LogP contribution in [0.5, 0.6) is 0 Å². The fraction of sp³-hybridized carbons (Fsp3) is 0.167. The zero-order chi connectivity index (χ0) is 18.7. The van der Waals surface area contributed by atoms with E-state index in [9.17, 15) is 14.4 Å². The Morgan fingerprint density at radius 2 is 1.88 bits per heavy atom. The molecule has 0 aliphatic heterocycles. The molecule has 26 heavy (non-hydrogen) atoms. The number of hydrogen-bond acceptors (Lipinski definition) is 4. The molecule has 0 aliphatic carbocycles. The van der Waals surface area contributed by atoms with Crippen molar-refractivity contribution in [1.82, 2.24) is 20.3 Å². The van der Waals surface area contributed by atoms with E-state index in [2.05, 4.69) is 10.9 Å². The average molecular weight is 370 g/mol. The number of hydrazine groups is 1. The van der Waals surface area contributed by atoms with Crippen LogP contribution in [0.25, 0.3) is 10.9 Å². The maximum atomic E-state index is 12.4. The highest BCUT2D eigenvalue weighted by Gasteiger charge is 2.17. The Labute approximate surface area is 154 Å². The summed E-state index contributed by atoms with van der Waals surface area (Å²) in [5.41, 5.74) is 6.13. The number of aryl methyl sites for hydroxylation is 1. The average Bonchev–Trinajstić information content (AvgIpc) is 3.28. The Hall–Kier alpha value is -3.13. The number of para-hydroxylation sites is 1. The third-order valence-corrected chi connectivity index (χ3v) is 4.77. The van der Waals surface area contributed by atoms with Gasteiger partial charge in [0.2, 0.25) is 0 Å². The summed E-state index contributed by atoms with van der Waals surface area (Å²) < 4.78 is 1.85. The predicted octanol–water partition coefficient (Wildman–Crippen LogP) is 1.77. The van der Waals surface area contributed by atoms with Gasteiger partial charge in [-0.2, -0.15) is 0 Å². The number of aromatic nitrogens is 1. The van der Waals surface area contributed by atoms with E-state index in [1.54, 1.807) is 23.7 Å². The van der Waals surface area contributed by atoms with Gasteiger partial charge in [-0.1, -0.05) is 24.3 Å². The van der Waals surface area contributed by atoms with Gasteiger partial charge in [0.15, 0.2) is 0 Å². The fourth-order valence-corrected chi connectivity index (χ4v) is 3.35. The van der Waals surface area contributed by atoms with Crippen molar-refractivity contribution in [2.75, 3.05) is 13.6 Å². The first-order valence-electron chi connectivity index (χ1n) is 7.89. The molecule has 2 N–H and O–H groups in total. The summed E-state index contributed by atoms with van der Waals surface area (Å²) in [7, 11) is 3.39. The first-order valence-corrected chi connectivity index (χ1v) is 8.77. The lowest BCUT2D eigenvalue weighted by Gasteiger charge is -2.16. The van der Waals surface area contributed by atoms with Gasteiger partial charge in [-0.3, -0.25) is 25.2 Å². The molecule has 0 saturated heterocycles. The number of nitrogens with zero attached hydrogens (tertiary/aromatic N) is 2. The van der Waals surface area contributed by atoms with Crippen LogP contribution in [0.3, 0.4) is 0 Å². The molecule has 3 amide bonds. The predicted molar refractivity (Wildman–Crippen MR) is 99.8 cm³/mol. The van der Waals surface area contributed by atoms with Crippen LogP contribution in [0.15, 0.2) is 48.0 Å². The van der Waals surface area contributed by atoms with Crippen LogP contribution in [0.4, 0.5) is 0 Å². The SMILES string of the molecule is CN(CC(=O)NNC(=O)c1cn(C)c2ccccc12)C(=O)c1cccs1. The summed E-state index contributed by atoms with van der Waals surface area (Å²) in [6.07, 6.45) is 1.71. The second-order valence-corrected chi connectivity index (χ2v) is 6.76. The van der Waals surface area contributed by atoms with Gasteiger partial charge in [-0.05, 0) is 17.5 Å². The molecule has 0 fully saturated rings. The van der Waals surface area contributed by atoms with Crippen molar-refractivity contribution in [2.24, 2.45) is 7.05 Å². The molecular formula is C18H18N4O3S. The summed E-state index contributed by atoms with van der Waals surface area (Å²) in [5.74, 6) is -1.14. The fourth-order valence-electron chi connectivity index (χ4n) is 2.63. The van der Waals surface area contributed by atoms with Gasteiger partial charge in [-0.25, -0.2) is 0 Å². The second-order valence-electron chi connectivity index (χ2n) is 5.81. The minimum absolute atomic E-state index is 0.160. The number of carbonyl (C=O) groups excluding carboxylic acids is 3.